The molecule has 0 aliphatic rings. The van der Waals surface area contributed by atoms with Crippen LogP contribution < -0.4 is 5.56 Å². The largest absolute Gasteiger partial charge is 0.328 e. The molecule has 1 aromatic rings. The molecule has 0 aliphatic heterocycles. The number of rotatable bonds is 2. The Morgan fingerprint density at radius 1 is 1.73 bits per heavy atom. The molecule has 0 fully saturated rings. The maximum Gasteiger partial charge on any atom is 0.262 e. The van der Waals surface area contributed by atoms with E-state index in [2.05, 4.69) is 11.6 Å². The van der Waals surface area contributed by atoms with Crippen molar-refractivity contribution in [3.63, 3.8) is 0 Å². The Kier molecular flexibility index (Phi) is 2.54. The molecular weight excluding hydrogens is 158 g/mol. The highest BCUT2D eigenvalue weighted by Crippen LogP contribution is 2.16. The van der Waals surface area contributed by atoms with Crippen LogP contribution in [-0.2, 0) is 0 Å². The summed E-state index contributed by atoms with van der Waals surface area (Å²) >= 11 is 1.35. The van der Waals surface area contributed by atoms with Gasteiger partial charge in [0.2, 0.25) is 0 Å². The van der Waals surface area contributed by atoms with Crippen LogP contribution in [0.25, 0.3) is 0 Å². The molecule has 0 atom stereocenters. The molecule has 0 amide bonds. The van der Waals surface area contributed by atoms with Crippen LogP contribution in [0.4, 0.5) is 0 Å². The van der Waals surface area contributed by atoms with Crippen molar-refractivity contribution >= 4 is 11.8 Å². The first kappa shape index (κ1) is 8.14. The minimum Gasteiger partial charge on any atom is -0.328 e. The molecule has 0 saturated heterocycles. The molecule has 2 nitrogen and oxygen atoms in total. The van der Waals surface area contributed by atoms with Crippen molar-refractivity contribution in [3.8, 4) is 0 Å². The van der Waals surface area contributed by atoms with Crippen molar-refractivity contribution in [1.29, 1.82) is 0 Å². The first-order valence-electron chi connectivity index (χ1n) is 3.21. The SMILES string of the molecule is C=CSc1c(C)cc[nH]c1=O. The van der Waals surface area contributed by atoms with Crippen LogP contribution in [-0.4, -0.2) is 4.98 Å². The average molecular weight is 167 g/mol. The van der Waals surface area contributed by atoms with Crippen LogP contribution in [0.5, 0.6) is 0 Å². The molecule has 1 aromatic heterocycles. The van der Waals surface area contributed by atoms with Crippen molar-refractivity contribution in [2.24, 2.45) is 0 Å². The van der Waals surface area contributed by atoms with Crippen molar-refractivity contribution in [3.05, 3.63) is 40.2 Å². The van der Waals surface area contributed by atoms with Crippen LogP contribution >= 0.6 is 11.8 Å². The van der Waals surface area contributed by atoms with E-state index in [1.54, 1.807) is 11.6 Å². The number of nitrogens with one attached hydrogen (secondary N) is 1. The molecule has 11 heavy (non-hydrogen) atoms. The Morgan fingerprint density at radius 3 is 3.00 bits per heavy atom. The zero-order chi connectivity index (χ0) is 8.27. The molecule has 0 radical (unpaired) electrons. The Labute approximate surface area is 69.3 Å². The first-order chi connectivity index (χ1) is 5.25. The van der Waals surface area contributed by atoms with Gasteiger partial charge < -0.3 is 4.98 Å². The van der Waals surface area contributed by atoms with Gasteiger partial charge in [-0.3, -0.25) is 4.79 Å². The molecule has 58 valence electrons. The van der Waals surface area contributed by atoms with Crippen LogP contribution in [0.2, 0.25) is 0 Å². The third-order valence-electron chi connectivity index (χ3n) is 1.31. The molecule has 0 saturated carbocycles. The molecule has 0 aromatic carbocycles. The highest BCUT2D eigenvalue weighted by atomic mass is 32.2. The monoisotopic (exact) mass is 167 g/mol. The van der Waals surface area contributed by atoms with Gasteiger partial charge in [0.05, 0.1) is 4.90 Å². The van der Waals surface area contributed by atoms with Gasteiger partial charge in [0.25, 0.3) is 5.56 Å². The lowest BCUT2D eigenvalue weighted by atomic mass is 10.3. The van der Waals surface area contributed by atoms with Crippen molar-refractivity contribution in [2.45, 2.75) is 11.8 Å². The quantitative estimate of drug-likeness (QED) is 0.682. The third-order valence-corrected chi connectivity index (χ3v) is 2.22. The fraction of sp³-hybridized carbons (Fsp3) is 0.125. The van der Waals surface area contributed by atoms with E-state index in [9.17, 15) is 4.79 Å². The van der Waals surface area contributed by atoms with Crippen molar-refractivity contribution in [2.75, 3.05) is 0 Å². The molecule has 0 bridgehead atoms. The summed E-state index contributed by atoms with van der Waals surface area (Å²) in [5, 5.41) is 1.65. The van der Waals surface area contributed by atoms with E-state index in [0.29, 0.717) is 0 Å². The second kappa shape index (κ2) is 3.44. The number of hydrogen-bond donors (Lipinski definition) is 1. The number of aromatic nitrogens is 1. The van der Waals surface area contributed by atoms with Gasteiger partial charge in [0, 0.05) is 6.20 Å². The van der Waals surface area contributed by atoms with Crippen molar-refractivity contribution < 1.29 is 0 Å². The standard InChI is InChI=1S/C8H9NOS/c1-3-11-7-6(2)4-5-9-8(7)10/h3-5H,1H2,2H3,(H,9,10). The van der Waals surface area contributed by atoms with Gasteiger partial charge >= 0.3 is 0 Å². The van der Waals surface area contributed by atoms with Gasteiger partial charge in [-0.05, 0) is 24.0 Å². The predicted molar refractivity (Wildman–Crippen MR) is 47.9 cm³/mol. The second-order valence-electron chi connectivity index (χ2n) is 2.10. The Hall–Kier alpha value is -0.960. The summed E-state index contributed by atoms with van der Waals surface area (Å²) in [6, 6.07) is 1.87. The number of aromatic amines is 1. The Balaban J connectivity index is 3.20. The van der Waals surface area contributed by atoms with Gasteiger partial charge in [0.15, 0.2) is 0 Å². The summed E-state index contributed by atoms with van der Waals surface area (Å²) in [5.41, 5.74) is 0.938. The summed E-state index contributed by atoms with van der Waals surface area (Å²) in [6.45, 7) is 5.45. The van der Waals surface area contributed by atoms with E-state index in [0.717, 1.165) is 10.5 Å². The maximum absolute atomic E-state index is 11.1. The molecule has 0 aliphatic carbocycles. The van der Waals surface area contributed by atoms with Gasteiger partial charge in [-0.1, -0.05) is 18.3 Å². The molecule has 1 N–H and O–H groups in total. The highest BCUT2D eigenvalue weighted by Gasteiger charge is 1.99. The number of pyridine rings is 1. The van der Waals surface area contributed by atoms with Gasteiger partial charge in [-0.25, -0.2) is 0 Å². The van der Waals surface area contributed by atoms with Crippen LogP contribution in [0.3, 0.4) is 0 Å². The number of hydrogen-bond acceptors (Lipinski definition) is 2. The van der Waals surface area contributed by atoms with E-state index in [-0.39, 0.29) is 5.56 Å². The summed E-state index contributed by atoms with van der Waals surface area (Å²) in [6.07, 6.45) is 1.64. The molecule has 1 rings (SSSR count). The van der Waals surface area contributed by atoms with E-state index in [4.69, 9.17) is 0 Å². The van der Waals surface area contributed by atoms with Crippen LogP contribution in [0.1, 0.15) is 5.56 Å². The summed E-state index contributed by atoms with van der Waals surface area (Å²) in [4.78, 5) is 14.4. The molecule has 3 heteroatoms. The minimum atomic E-state index is -0.0464. The second-order valence-corrected chi connectivity index (χ2v) is 3.08. The lowest BCUT2D eigenvalue weighted by Crippen LogP contribution is -2.07. The van der Waals surface area contributed by atoms with E-state index in [1.807, 2.05) is 13.0 Å². The zero-order valence-corrected chi connectivity index (χ0v) is 7.07. The molecule has 0 unspecified atom stereocenters. The zero-order valence-electron chi connectivity index (χ0n) is 6.26. The summed E-state index contributed by atoms with van der Waals surface area (Å²) in [7, 11) is 0. The van der Waals surface area contributed by atoms with E-state index < -0.39 is 0 Å². The minimum absolute atomic E-state index is 0.0464. The number of thioether (sulfide) groups is 1. The fourth-order valence-corrected chi connectivity index (χ4v) is 1.38. The van der Waals surface area contributed by atoms with Crippen LogP contribution in [0.15, 0.2) is 33.9 Å². The van der Waals surface area contributed by atoms with Crippen molar-refractivity contribution in [1.82, 2.24) is 4.98 Å². The van der Waals surface area contributed by atoms with Gasteiger partial charge in [-0.2, -0.15) is 0 Å². The Morgan fingerprint density at radius 2 is 2.45 bits per heavy atom. The number of aryl methyl sites for hydroxylation is 1. The van der Waals surface area contributed by atoms with Gasteiger partial charge in [0.1, 0.15) is 0 Å². The normalized spacial score (nSPS) is 9.55. The summed E-state index contributed by atoms with van der Waals surface area (Å²) < 4.78 is 0. The first-order valence-corrected chi connectivity index (χ1v) is 4.09. The average Bonchev–Trinajstić information content (AvgIpc) is 1.97. The lowest BCUT2D eigenvalue weighted by Gasteiger charge is -1.97. The van der Waals surface area contributed by atoms with Crippen LogP contribution in [0, 0.1) is 6.92 Å². The third kappa shape index (κ3) is 1.74. The lowest BCUT2D eigenvalue weighted by molar-refractivity contribution is 1.10. The highest BCUT2D eigenvalue weighted by molar-refractivity contribution is 8.02. The number of H-pyrrole nitrogens is 1. The smallest absolute Gasteiger partial charge is 0.262 e. The fourth-order valence-electron chi connectivity index (χ4n) is 0.792. The van der Waals surface area contributed by atoms with Gasteiger partial charge in [-0.15, -0.1) is 0 Å². The van der Waals surface area contributed by atoms with E-state index >= 15 is 0 Å². The molecule has 0 spiro atoms. The predicted octanol–water partition coefficient (Wildman–Crippen LogP) is 1.92. The summed E-state index contributed by atoms with van der Waals surface area (Å²) in [5.74, 6) is 0. The maximum atomic E-state index is 11.1. The molecular formula is C8H9NOS. The molecule has 1 heterocycles. The Bertz CT molecular complexity index is 316. The topological polar surface area (TPSA) is 32.9 Å². The van der Waals surface area contributed by atoms with E-state index in [1.165, 1.54) is 11.8 Å².